The van der Waals surface area contributed by atoms with E-state index in [2.05, 4.69) is 39.1 Å². The zero-order chi connectivity index (χ0) is 9.10. The quantitative estimate of drug-likeness (QED) is 0.730. The molecule has 0 aliphatic rings. The van der Waals surface area contributed by atoms with Crippen molar-refractivity contribution in [1.82, 2.24) is 4.98 Å². The maximum absolute atomic E-state index is 4.31. The minimum atomic E-state index is 1.00. The summed E-state index contributed by atoms with van der Waals surface area (Å²) in [5, 5.41) is 2.27. The molecule has 0 atom stereocenters. The molecule has 0 unspecified atom stereocenters. The van der Waals surface area contributed by atoms with Gasteiger partial charge in [0.05, 0.1) is 5.52 Å². The first-order valence-electron chi connectivity index (χ1n) is 4.30. The Kier molecular flexibility index (Phi) is 2.60. The smallest absolute Gasteiger partial charge is 0.0704 e. The first kappa shape index (κ1) is 8.70. The molecule has 1 nitrogen and oxygen atoms in total. The first-order valence-corrected chi connectivity index (χ1v) is 5.42. The number of nitrogens with zero attached hydrogens (tertiary/aromatic N) is 1. The number of alkyl halides is 1. The minimum Gasteiger partial charge on any atom is -0.256 e. The van der Waals surface area contributed by atoms with Crippen LogP contribution in [0, 0.1) is 0 Å². The topological polar surface area (TPSA) is 12.9 Å². The number of aromatic nitrogens is 1. The Morgan fingerprint density at radius 1 is 1.15 bits per heavy atom. The van der Waals surface area contributed by atoms with Gasteiger partial charge in [0.15, 0.2) is 0 Å². The van der Waals surface area contributed by atoms with E-state index < -0.39 is 0 Å². The summed E-state index contributed by atoms with van der Waals surface area (Å²) in [4.78, 5) is 4.31. The highest BCUT2D eigenvalue weighted by atomic mass is 79.9. The number of benzene rings is 1. The molecule has 66 valence electrons. The Morgan fingerprint density at radius 2 is 2.00 bits per heavy atom. The van der Waals surface area contributed by atoms with Crippen molar-refractivity contribution < 1.29 is 0 Å². The van der Waals surface area contributed by atoms with Crippen molar-refractivity contribution in [2.45, 2.75) is 6.42 Å². The van der Waals surface area contributed by atoms with E-state index in [0.717, 1.165) is 17.3 Å². The van der Waals surface area contributed by atoms with Gasteiger partial charge < -0.3 is 0 Å². The number of halogens is 1. The molecular weight excluding hydrogens is 226 g/mol. The van der Waals surface area contributed by atoms with Crippen LogP contribution < -0.4 is 0 Å². The van der Waals surface area contributed by atoms with Crippen molar-refractivity contribution in [3.63, 3.8) is 0 Å². The zero-order valence-corrected chi connectivity index (χ0v) is 8.79. The van der Waals surface area contributed by atoms with Gasteiger partial charge in [-0.3, -0.25) is 4.98 Å². The molecule has 0 spiro atoms. The minimum absolute atomic E-state index is 1.00. The summed E-state index contributed by atoms with van der Waals surface area (Å²) in [6, 6.07) is 10.3. The first-order chi connectivity index (χ1) is 6.42. The maximum atomic E-state index is 4.31. The number of hydrogen-bond donors (Lipinski definition) is 0. The lowest BCUT2D eigenvalue weighted by molar-refractivity contribution is 1.18. The highest BCUT2D eigenvalue weighted by Gasteiger charge is 1.98. The van der Waals surface area contributed by atoms with E-state index >= 15 is 0 Å². The molecule has 0 saturated carbocycles. The molecule has 2 heteroatoms. The van der Waals surface area contributed by atoms with Gasteiger partial charge in [-0.15, -0.1) is 0 Å². The Bertz CT molecular complexity index is 406. The lowest BCUT2D eigenvalue weighted by Gasteiger charge is -2.02. The van der Waals surface area contributed by atoms with Crippen LogP contribution in [0.1, 0.15) is 5.56 Å². The summed E-state index contributed by atoms with van der Waals surface area (Å²) in [5.74, 6) is 0. The van der Waals surface area contributed by atoms with E-state index in [-0.39, 0.29) is 0 Å². The van der Waals surface area contributed by atoms with E-state index in [1.165, 1.54) is 10.9 Å². The van der Waals surface area contributed by atoms with Crippen LogP contribution in [-0.2, 0) is 6.42 Å². The summed E-state index contributed by atoms with van der Waals surface area (Å²) in [6.45, 7) is 0. The average Bonchev–Trinajstić information content (AvgIpc) is 2.19. The molecule has 0 N–H and O–H groups in total. The van der Waals surface area contributed by atoms with Crippen LogP contribution in [0.4, 0.5) is 0 Å². The standard InChI is InChI=1S/C11H10BrN/c12-7-5-9-6-8-13-11-4-2-1-3-10(9)11/h1-4,6,8H,5,7H2. The second-order valence-electron chi connectivity index (χ2n) is 2.93. The van der Waals surface area contributed by atoms with Gasteiger partial charge in [0.2, 0.25) is 0 Å². The molecule has 0 fully saturated rings. The molecule has 1 heterocycles. The third kappa shape index (κ3) is 1.73. The van der Waals surface area contributed by atoms with Crippen molar-refractivity contribution >= 4 is 26.8 Å². The van der Waals surface area contributed by atoms with Gasteiger partial charge in [0.1, 0.15) is 0 Å². The van der Waals surface area contributed by atoms with Crippen molar-refractivity contribution in [3.8, 4) is 0 Å². The normalized spacial score (nSPS) is 10.5. The van der Waals surface area contributed by atoms with Gasteiger partial charge in [0, 0.05) is 16.9 Å². The highest BCUT2D eigenvalue weighted by molar-refractivity contribution is 9.09. The van der Waals surface area contributed by atoms with Crippen LogP contribution in [-0.4, -0.2) is 10.3 Å². The van der Waals surface area contributed by atoms with E-state index in [1.54, 1.807) is 0 Å². The second kappa shape index (κ2) is 3.88. The molecule has 2 aromatic rings. The van der Waals surface area contributed by atoms with Gasteiger partial charge in [-0.25, -0.2) is 0 Å². The van der Waals surface area contributed by atoms with Crippen molar-refractivity contribution in [2.75, 3.05) is 5.33 Å². The maximum Gasteiger partial charge on any atom is 0.0704 e. The summed E-state index contributed by atoms with van der Waals surface area (Å²) in [7, 11) is 0. The van der Waals surface area contributed by atoms with Crippen LogP contribution in [0.5, 0.6) is 0 Å². The van der Waals surface area contributed by atoms with Gasteiger partial charge in [-0.2, -0.15) is 0 Å². The zero-order valence-electron chi connectivity index (χ0n) is 7.20. The summed E-state index contributed by atoms with van der Waals surface area (Å²) >= 11 is 3.45. The van der Waals surface area contributed by atoms with Gasteiger partial charge in [0.25, 0.3) is 0 Å². The molecule has 0 amide bonds. The Labute approximate surface area is 85.9 Å². The monoisotopic (exact) mass is 235 g/mol. The van der Waals surface area contributed by atoms with Crippen molar-refractivity contribution in [3.05, 3.63) is 42.1 Å². The molecule has 2 rings (SSSR count). The summed E-state index contributed by atoms with van der Waals surface area (Å²) in [5.41, 5.74) is 2.45. The molecule has 0 aliphatic carbocycles. The van der Waals surface area contributed by atoms with E-state index in [0.29, 0.717) is 0 Å². The van der Waals surface area contributed by atoms with Crippen LogP contribution >= 0.6 is 15.9 Å². The van der Waals surface area contributed by atoms with E-state index in [1.807, 2.05) is 18.3 Å². The number of aryl methyl sites for hydroxylation is 1. The number of rotatable bonds is 2. The lowest BCUT2D eigenvalue weighted by atomic mass is 10.1. The molecular formula is C11H10BrN. The van der Waals surface area contributed by atoms with Gasteiger partial charge in [-0.1, -0.05) is 34.1 Å². The fourth-order valence-corrected chi connectivity index (χ4v) is 1.90. The largest absolute Gasteiger partial charge is 0.256 e. The summed E-state index contributed by atoms with van der Waals surface area (Å²) in [6.07, 6.45) is 2.93. The number of para-hydroxylation sites is 1. The number of hydrogen-bond acceptors (Lipinski definition) is 1. The van der Waals surface area contributed by atoms with Crippen molar-refractivity contribution in [1.29, 1.82) is 0 Å². The third-order valence-corrected chi connectivity index (χ3v) is 2.50. The van der Waals surface area contributed by atoms with E-state index in [9.17, 15) is 0 Å². The lowest BCUT2D eigenvalue weighted by Crippen LogP contribution is -1.89. The Balaban J connectivity index is 2.61. The number of pyridine rings is 1. The average molecular weight is 236 g/mol. The molecule has 0 bridgehead atoms. The van der Waals surface area contributed by atoms with Gasteiger partial charge in [-0.05, 0) is 24.1 Å². The predicted octanol–water partition coefficient (Wildman–Crippen LogP) is 3.17. The van der Waals surface area contributed by atoms with Crippen molar-refractivity contribution in [2.24, 2.45) is 0 Å². The Hall–Kier alpha value is -0.890. The van der Waals surface area contributed by atoms with Crippen LogP contribution in [0.2, 0.25) is 0 Å². The van der Waals surface area contributed by atoms with Crippen LogP contribution in [0.3, 0.4) is 0 Å². The fourth-order valence-electron chi connectivity index (χ4n) is 1.47. The molecule has 1 aromatic carbocycles. The second-order valence-corrected chi connectivity index (χ2v) is 3.72. The predicted molar refractivity (Wildman–Crippen MR) is 59.2 cm³/mol. The third-order valence-electron chi connectivity index (χ3n) is 2.10. The van der Waals surface area contributed by atoms with Gasteiger partial charge >= 0.3 is 0 Å². The molecule has 1 aromatic heterocycles. The van der Waals surface area contributed by atoms with Crippen LogP contribution in [0.15, 0.2) is 36.5 Å². The molecule has 13 heavy (non-hydrogen) atoms. The summed E-state index contributed by atoms with van der Waals surface area (Å²) < 4.78 is 0. The fraction of sp³-hybridized carbons (Fsp3) is 0.182. The number of fused-ring (bicyclic) bond motifs is 1. The molecule has 0 saturated heterocycles. The highest BCUT2D eigenvalue weighted by Crippen LogP contribution is 2.16. The molecule has 0 radical (unpaired) electrons. The van der Waals surface area contributed by atoms with E-state index in [4.69, 9.17) is 0 Å². The molecule has 0 aliphatic heterocycles. The van der Waals surface area contributed by atoms with Crippen LogP contribution in [0.25, 0.3) is 10.9 Å². The SMILES string of the molecule is BrCCc1ccnc2ccccc12. The Morgan fingerprint density at radius 3 is 2.85 bits per heavy atom.